The first-order chi connectivity index (χ1) is 11.0. The first kappa shape index (κ1) is 16.7. The molecular weight excluding hydrogens is 353 g/mol. The Morgan fingerprint density at radius 1 is 1.22 bits per heavy atom. The van der Waals surface area contributed by atoms with Crippen molar-refractivity contribution in [2.45, 2.75) is 25.1 Å². The molecule has 1 aromatic heterocycles. The van der Waals surface area contributed by atoms with Crippen molar-refractivity contribution >= 4 is 40.7 Å². The molecule has 23 heavy (non-hydrogen) atoms. The summed E-state index contributed by atoms with van der Waals surface area (Å²) in [4.78, 5) is 14.8. The molecule has 3 rings (SSSR count). The third-order valence-electron chi connectivity index (χ3n) is 4.17. The maximum absolute atomic E-state index is 12.6. The summed E-state index contributed by atoms with van der Waals surface area (Å²) in [6.45, 7) is 5.21. The third kappa shape index (κ3) is 3.23. The van der Waals surface area contributed by atoms with Crippen LogP contribution in [0.25, 0.3) is 5.69 Å². The second-order valence-electron chi connectivity index (χ2n) is 5.55. The summed E-state index contributed by atoms with van der Waals surface area (Å²) in [6.07, 6.45) is 1.68. The molecule has 2 heterocycles. The van der Waals surface area contributed by atoms with E-state index >= 15 is 0 Å². The zero-order valence-electron chi connectivity index (χ0n) is 12.9. The first-order valence-electron chi connectivity index (χ1n) is 7.41. The predicted octanol–water partition coefficient (Wildman–Crippen LogP) is 3.87. The Bertz CT molecular complexity index is 763. The summed E-state index contributed by atoms with van der Waals surface area (Å²) in [6, 6.07) is 7.24. The average molecular weight is 370 g/mol. The van der Waals surface area contributed by atoms with Crippen molar-refractivity contribution in [2.75, 3.05) is 17.2 Å². The monoisotopic (exact) mass is 369 g/mol. The molecule has 1 aliphatic rings. The molecule has 1 aromatic carbocycles. The molecule has 2 atom stereocenters. The van der Waals surface area contributed by atoms with Crippen LogP contribution in [0.5, 0.6) is 0 Å². The zero-order chi connectivity index (χ0) is 16.6. The Balaban J connectivity index is 2.01. The van der Waals surface area contributed by atoms with Crippen molar-refractivity contribution in [3.8, 4) is 5.69 Å². The second-order valence-corrected chi connectivity index (χ2v) is 7.85. The lowest BCUT2D eigenvalue weighted by molar-refractivity contribution is 0.623. The Kier molecular flexibility index (Phi) is 4.90. The zero-order valence-corrected chi connectivity index (χ0v) is 15.2. The summed E-state index contributed by atoms with van der Waals surface area (Å²) in [7, 11) is 0. The van der Waals surface area contributed by atoms with Gasteiger partial charge in [-0.05, 0) is 31.2 Å². The fraction of sp³-hybridized carbons (Fsp3) is 0.375. The quantitative estimate of drug-likeness (QED) is 0.805. The van der Waals surface area contributed by atoms with E-state index < -0.39 is 0 Å². The van der Waals surface area contributed by atoms with Crippen LogP contribution in [0.15, 0.2) is 35.3 Å². The van der Waals surface area contributed by atoms with Gasteiger partial charge in [-0.25, -0.2) is 0 Å². The lowest BCUT2D eigenvalue weighted by atomic mass is 10.2. The normalized spacial score (nSPS) is 21.5. The third-order valence-corrected chi connectivity index (χ3v) is 6.11. The number of anilines is 1. The maximum Gasteiger partial charge on any atom is 0.292 e. The lowest BCUT2D eigenvalue weighted by Gasteiger charge is -2.39. The van der Waals surface area contributed by atoms with E-state index in [2.05, 4.69) is 23.8 Å². The molecular formula is C16H17Cl2N3OS. The van der Waals surface area contributed by atoms with Gasteiger partial charge in [0.1, 0.15) is 5.02 Å². The van der Waals surface area contributed by atoms with Gasteiger partial charge in [0.25, 0.3) is 5.56 Å². The number of thioether (sulfide) groups is 1. The van der Waals surface area contributed by atoms with E-state index in [9.17, 15) is 4.79 Å². The van der Waals surface area contributed by atoms with Crippen LogP contribution in [0.3, 0.4) is 0 Å². The SMILES string of the molecule is CC1SCCN(c2cnn(-c3ccc(Cl)cc3)c(=O)c2Cl)C1C. The second kappa shape index (κ2) is 6.75. The molecule has 0 spiro atoms. The number of aromatic nitrogens is 2. The van der Waals surface area contributed by atoms with Gasteiger partial charge in [-0.15, -0.1) is 0 Å². The minimum Gasteiger partial charge on any atom is -0.364 e. The molecule has 1 fully saturated rings. The van der Waals surface area contributed by atoms with Gasteiger partial charge >= 0.3 is 0 Å². The fourth-order valence-electron chi connectivity index (χ4n) is 2.66. The number of hydrogen-bond donors (Lipinski definition) is 0. The first-order valence-corrected chi connectivity index (χ1v) is 9.21. The van der Waals surface area contributed by atoms with E-state index in [1.165, 1.54) is 4.68 Å². The highest BCUT2D eigenvalue weighted by Gasteiger charge is 2.28. The van der Waals surface area contributed by atoms with Gasteiger partial charge in [0, 0.05) is 28.6 Å². The van der Waals surface area contributed by atoms with Crippen LogP contribution in [-0.2, 0) is 0 Å². The predicted molar refractivity (Wildman–Crippen MR) is 98.6 cm³/mol. The van der Waals surface area contributed by atoms with Crippen molar-refractivity contribution in [3.63, 3.8) is 0 Å². The molecule has 0 N–H and O–H groups in total. The fourth-order valence-corrected chi connectivity index (χ4v) is 4.13. The summed E-state index contributed by atoms with van der Waals surface area (Å²) in [5, 5.41) is 5.61. The highest BCUT2D eigenvalue weighted by atomic mass is 35.5. The summed E-state index contributed by atoms with van der Waals surface area (Å²) < 4.78 is 1.30. The van der Waals surface area contributed by atoms with Crippen LogP contribution >= 0.6 is 35.0 Å². The molecule has 1 saturated heterocycles. The van der Waals surface area contributed by atoms with Gasteiger partial charge in [-0.2, -0.15) is 21.5 Å². The van der Waals surface area contributed by atoms with Crippen molar-refractivity contribution in [2.24, 2.45) is 0 Å². The smallest absolute Gasteiger partial charge is 0.292 e. The number of benzene rings is 1. The Labute approximate surface area is 149 Å². The lowest BCUT2D eigenvalue weighted by Crippen LogP contribution is -2.45. The molecule has 0 radical (unpaired) electrons. The standard InChI is InChI=1S/C16H17Cl2N3OS/c1-10-11(2)23-8-7-20(10)14-9-19-21(16(22)15(14)18)13-5-3-12(17)4-6-13/h3-6,9-11H,7-8H2,1-2H3. The van der Waals surface area contributed by atoms with Crippen LogP contribution in [0.4, 0.5) is 5.69 Å². The number of nitrogens with zero attached hydrogens (tertiary/aromatic N) is 3. The Morgan fingerprint density at radius 3 is 2.61 bits per heavy atom. The van der Waals surface area contributed by atoms with Crippen molar-refractivity contribution in [1.82, 2.24) is 9.78 Å². The van der Waals surface area contributed by atoms with E-state index in [-0.39, 0.29) is 10.6 Å². The average Bonchev–Trinajstić information content (AvgIpc) is 2.54. The van der Waals surface area contributed by atoms with Gasteiger partial charge in [-0.3, -0.25) is 4.79 Å². The van der Waals surface area contributed by atoms with E-state index in [0.29, 0.717) is 27.7 Å². The van der Waals surface area contributed by atoms with Crippen LogP contribution in [0.2, 0.25) is 10.0 Å². The minimum atomic E-state index is -0.315. The maximum atomic E-state index is 12.6. The van der Waals surface area contributed by atoms with Gasteiger partial charge in [-0.1, -0.05) is 30.1 Å². The van der Waals surface area contributed by atoms with Crippen LogP contribution in [-0.4, -0.2) is 33.4 Å². The molecule has 0 amide bonds. The molecule has 2 aromatic rings. The van der Waals surface area contributed by atoms with Gasteiger partial charge in [0.15, 0.2) is 0 Å². The molecule has 2 unspecified atom stereocenters. The molecule has 1 aliphatic heterocycles. The van der Waals surface area contributed by atoms with E-state index in [1.54, 1.807) is 30.5 Å². The molecule has 0 saturated carbocycles. The molecule has 4 nitrogen and oxygen atoms in total. The number of hydrogen-bond acceptors (Lipinski definition) is 4. The largest absolute Gasteiger partial charge is 0.364 e. The van der Waals surface area contributed by atoms with Gasteiger partial charge in [0.2, 0.25) is 0 Å². The van der Waals surface area contributed by atoms with E-state index in [4.69, 9.17) is 23.2 Å². The molecule has 0 aliphatic carbocycles. The van der Waals surface area contributed by atoms with Crippen LogP contribution < -0.4 is 10.5 Å². The highest BCUT2D eigenvalue weighted by Crippen LogP contribution is 2.31. The topological polar surface area (TPSA) is 38.1 Å². The van der Waals surface area contributed by atoms with E-state index in [0.717, 1.165) is 12.3 Å². The Hall–Kier alpha value is -1.17. The Morgan fingerprint density at radius 2 is 1.91 bits per heavy atom. The number of rotatable bonds is 2. The highest BCUT2D eigenvalue weighted by molar-refractivity contribution is 8.00. The summed E-state index contributed by atoms with van der Waals surface area (Å²) in [5.41, 5.74) is 1.04. The molecule has 122 valence electrons. The van der Waals surface area contributed by atoms with Crippen molar-refractivity contribution in [1.29, 1.82) is 0 Å². The van der Waals surface area contributed by atoms with Crippen molar-refractivity contribution < 1.29 is 0 Å². The van der Waals surface area contributed by atoms with Crippen LogP contribution in [0.1, 0.15) is 13.8 Å². The molecule has 0 bridgehead atoms. The van der Waals surface area contributed by atoms with Crippen LogP contribution in [0, 0.1) is 0 Å². The number of halogens is 2. The molecule has 7 heteroatoms. The summed E-state index contributed by atoms with van der Waals surface area (Å²) >= 11 is 14.2. The van der Waals surface area contributed by atoms with E-state index in [1.807, 2.05) is 11.8 Å². The van der Waals surface area contributed by atoms with Gasteiger partial charge in [0.05, 0.1) is 17.6 Å². The minimum absolute atomic E-state index is 0.209. The van der Waals surface area contributed by atoms with Gasteiger partial charge < -0.3 is 4.90 Å². The van der Waals surface area contributed by atoms with Crippen molar-refractivity contribution in [3.05, 3.63) is 50.9 Å². The summed E-state index contributed by atoms with van der Waals surface area (Å²) in [5.74, 6) is 1.02.